The van der Waals surface area contributed by atoms with Gasteiger partial charge in [0, 0.05) is 13.1 Å². The Bertz CT molecular complexity index is 662. The number of nitrogens with one attached hydrogen (secondary N) is 1. The van der Waals surface area contributed by atoms with Crippen LogP contribution in [0.1, 0.15) is 33.6 Å². The predicted octanol–water partition coefficient (Wildman–Crippen LogP) is 2.44. The minimum atomic E-state index is -0.494. The minimum absolute atomic E-state index is 0.170. The van der Waals surface area contributed by atoms with Crippen LogP contribution in [-0.2, 0) is 11.3 Å². The fourth-order valence-electron chi connectivity index (χ4n) is 2.82. The molecule has 2 rings (SSSR count). The molecule has 0 spiro atoms. The van der Waals surface area contributed by atoms with Gasteiger partial charge in [-0.1, -0.05) is 39.3 Å². The molecule has 1 heterocycles. The summed E-state index contributed by atoms with van der Waals surface area (Å²) in [6.45, 7) is 10.0. The second kappa shape index (κ2) is 8.80. The number of carbonyl (C=O) groups excluding carboxylic acids is 1. The zero-order chi connectivity index (χ0) is 17.5. The molecule has 0 saturated heterocycles. The highest BCUT2D eigenvalue weighted by Gasteiger charge is 2.17. The molecule has 0 saturated carbocycles. The van der Waals surface area contributed by atoms with Gasteiger partial charge in [0.1, 0.15) is 0 Å². The van der Waals surface area contributed by atoms with Gasteiger partial charge in [-0.15, -0.1) is 0 Å². The Morgan fingerprint density at radius 1 is 1.29 bits per heavy atom. The van der Waals surface area contributed by atoms with Crippen molar-refractivity contribution in [3.05, 3.63) is 24.3 Å². The van der Waals surface area contributed by atoms with Crippen molar-refractivity contribution in [3.8, 4) is 0 Å². The molecular formula is C18H29N5O. The second-order valence-electron chi connectivity index (χ2n) is 5.99. The molecule has 24 heavy (non-hydrogen) atoms. The quantitative estimate of drug-likeness (QED) is 0.740. The highest BCUT2D eigenvalue weighted by Crippen LogP contribution is 2.20. The molecular weight excluding hydrogens is 302 g/mol. The van der Waals surface area contributed by atoms with Crippen LogP contribution in [0.3, 0.4) is 0 Å². The lowest BCUT2D eigenvalue weighted by Crippen LogP contribution is -2.36. The maximum atomic E-state index is 12.3. The van der Waals surface area contributed by atoms with Crippen molar-refractivity contribution in [3.63, 3.8) is 0 Å². The third kappa shape index (κ3) is 4.33. The number of likely N-dealkylation sites (N-methyl/N-ethyl adjacent to an activating group) is 1. The maximum Gasteiger partial charge on any atom is 0.243 e. The van der Waals surface area contributed by atoms with E-state index in [1.54, 1.807) is 0 Å². The molecule has 0 aliphatic rings. The number of aromatic nitrogens is 2. The average molecular weight is 331 g/mol. The lowest BCUT2D eigenvalue weighted by Gasteiger charge is -2.19. The van der Waals surface area contributed by atoms with E-state index in [1.807, 2.05) is 31.2 Å². The number of rotatable bonds is 9. The number of hydrogen-bond donors (Lipinski definition) is 2. The Morgan fingerprint density at radius 2 is 2.00 bits per heavy atom. The number of nitrogens with zero attached hydrogens (tertiary/aromatic N) is 3. The number of imidazole rings is 1. The highest BCUT2D eigenvalue weighted by molar-refractivity contribution is 5.95. The van der Waals surface area contributed by atoms with Gasteiger partial charge in [-0.3, -0.25) is 10.1 Å². The van der Waals surface area contributed by atoms with E-state index in [4.69, 9.17) is 5.73 Å². The molecule has 1 amide bonds. The zero-order valence-electron chi connectivity index (χ0n) is 15.0. The van der Waals surface area contributed by atoms with E-state index in [0.717, 1.165) is 43.6 Å². The standard InChI is InChI=1S/C18H29N5O/c1-4-9-14(19)17(24)21-18-20-15-10-7-8-11-16(15)23(18)13-12-22(5-2)6-3/h7-8,10-11,14H,4-6,9,12-13,19H2,1-3H3,(H,20,21,24). The van der Waals surface area contributed by atoms with Gasteiger partial charge in [0.05, 0.1) is 17.1 Å². The molecule has 1 aromatic heterocycles. The topological polar surface area (TPSA) is 76.2 Å². The third-order valence-electron chi connectivity index (χ3n) is 4.36. The Labute approximate surface area is 144 Å². The number of benzene rings is 1. The summed E-state index contributed by atoms with van der Waals surface area (Å²) in [5.74, 6) is 0.413. The van der Waals surface area contributed by atoms with E-state index >= 15 is 0 Å². The molecule has 6 nitrogen and oxygen atoms in total. The van der Waals surface area contributed by atoms with E-state index in [-0.39, 0.29) is 5.91 Å². The summed E-state index contributed by atoms with van der Waals surface area (Å²) in [5.41, 5.74) is 7.84. The molecule has 1 aromatic carbocycles. The summed E-state index contributed by atoms with van der Waals surface area (Å²) in [6.07, 6.45) is 1.55. The predicted molar refractivity (Wildman–Crippen MR) is 99.0 cm³/mol. The van der Waals surface area contributed by atoms with Gasteiger partial charge >= 0.3 is 0 Å². The van der Waals surface area contributed by atoms with Crippen LogP contribution in [0.5, 0.6) is 0 Å². The lowest BCUT2D eigenvalue weighted by molar-refractivity contribution is -0.117. The molecule has 2 aromatic rings. The summed E-state index contributed by atoms with van der Waals surface area (Å²) in [5, 5.41) is 2.91. The maximum absolute atomic E-state index is 12.3. The van der Waals surface area contributed by atoms with Gasteiger partial charge in [-0.25, -0.2) is 4.98 Å². The van der Waals surface area contributed by atoms with E-state index in [0.29, 0.717) is 12.4 Å². The van der Waals surface area contributed by atoms with Crippen molar-refractivity contribution >= 4 is 22.9 Å². The summed E-state index contributed by atoms with van der Waals surface area (Å²) in [6, 6.07) is 7.45. The summed E-state index contributed by atoms with van der Waals surface area (Å²) in [7, 11) is 0. The van der Waals surface area contributed by atoms with Crippen molar-refractivity contribution in [1.29, 1.82) is 0 Å². The normalized spacial score (nSPS) is 12.7. The van der Waals surface area contributed by atoms with Crippen LogP contribution in [-0.4, -0.2) is 46.0 Å². The van der Waals surface area contributed by atoms with Crippen LogP contribution in [0.15, 0.2) is 24.3 Å². The Hall–Kier alpha value is -1.92. The minimum Gasteiger partial charge on any atom is -0.320 e. The van der Waals surface area contributed by atoms with Crippen LogP contribution in [0.2, 0.25) is 0 Å². The molecule has 1 atom stereocenters. The summed E-state index contributed by atoms with van der Waals surface area (Å²) in [4.78, 5) is 19.2. The Balaban J connectivity index is 2.24. The number of nitrogens with two attached hydrogens (primary N) is 1. The van der Waals surface area contributed by atoms with Crippen LogP contribution < -0.4 is 11.1 Å². The van der Waals surface area contributed by atoms with Crippen molar-refractivity contribution in [2.45, 2.75) is 46.2 Å². The first-order chi connectivity index (χ1) is 11.6. The van der Waals surface area contributed by atoms with Gasteiger partial charge in [0.25, 0.3) is 0 Å². The number of amides is 1. The Morgan fingerprint density at radius 3 is 2.67 bits per heavy atom. The van der Waals surface area contributed by atoms with Crippen LogP contribution in [0.4, 0.5) is 5.95 Å². The Kier molecular flexibility index (Phi) is 6.75. The zero-order valence-corrected chi connectivity index (χ0v) is 15.0. The molecule has 1 unspecified atom stereocenters. The van der Waals surface area contributed by atoms with E-state index in [9.17, 15) is 4.79 Å². The molecule has 0 bridgehead atoms. The fourth-order valence-corrected chi connectivity index (χ4v) is 2.82. The van der Waals surface area contributed by atoms with Gasteiger partial charge in [-0.2, -0.15) is 0 Å². The van der Waals surface area contributed by atoms with Crippen molar-refractivity contribution in [1.82, 2.24) is 14.5 Å². The van der Waals surface area contributed by atoms with Gasteiger partial charge in [-0.05, 0) is 31.6 Å². The number of hydrogen-bond acceptors (Lipinski definition) is 4. The van der Waals surface area contributed by atoms with Crippen molar-refractivity contribution < 1.29 is 4.79 Å². The molecule has 3 N–H and O–H groups in total. The van der Waals surface area contributed by atoms with Crippen LogP contribution >= 0.6 is 0 Å². The van der Waals surface area contributed by atoms with E-state index in [1.165, 1.54) is 0 Å². The second-order valence-corrected chi connectivity index (χ2v) is 5.99. The molecule has 0 fully saturated rings. The number of anilines is 1. The SMILES string of the molecule is CCCC(N)C(=O)Nc1nc2ccccc2n1CCN(CC)CC. The monoisotopic (exact) mass is 331 g/mol. The van der Waals surface area contributed by atoms with E-state index in [2.05, 4.69) is 33.6 Å². The van der Waals surface area contributed by atoms with E-state index < -0.39 is 6.04 Å². The molecule has 6 heteroatoms. The number of fused-ring (bicyclic) bond motifs is 1. The largest absolute Gasteiger partial charge is 0.320 e. The first-order valence-corrected chi connectivity index (χ1v) is 8.84. The first-order valence-electron chi connectivity index (χ1n) is 8.84. The average Bonchev–Trinajstić information content (AvgIpc) is 2.93. The third-order valence-corrected chi connectivity index (χ3v) is 4.36. The van der Waals surface area contributed by atoms with Crippen LogP contribution in [0, 0.1) is 0 Å². The number of carbonyl (C=O) groups is 1. The van der Waals surface area contributed by atoms with Crippen LogP contribution in [0.25, 0.3) is 11.0 Å². The smallest absolute Gasteiger partial charge is 0.243 e. The molecule has 0 aliphatic heterocycles. The lowest BCUT2D eigenvalue weighted by atomic mass is 10.2. The number of para-hydroxylation sites is 2. The summed E-state index contributed by atoms with van der Waals surface area (Å²) >= 11 is 0. The van der Waals surface area contributed by atoms with Crippen molar-refractivity contribution in [2.24, 2.45) is 5.73 Å². The molecule has 0 aliphatic carbocycles. The van der Waals surface area contributed by atoms with Gasteiger partial charge in [0.15, 0.2) is 0 Å². The van der Waals surface area contributed by atoms with Gasteiger partial charge < -0.3 is 15.2 Å². The van der Waals surface area contributed by atoms with Gasteiger partial charge in [0.2, 0.25) is 11.9 Å². The summed E-state index contributed by atoms with van der Waals surface area (Å²) < 4.78 is 2.07. The molecule has 0 radical (unpaired) electrons. The fraction of sp³-hybridized carbons (Fsp3) is 0.556. The highest BCUT2D eigenvalue weighted by atomic mass is 16.2. The van der Waals surface area contributed by atoms with Crippen molar-refractivity contribution in [2.75, 3.05) is 25.0 Å². The molecule has 132 valence electrons. The first kappa shape index (κ1) is 18.4.